The molecule has 1 heterocycles. The van der Waals surface area contributed by atoms with Crippen molar-refractivity contribution in [2.75, 3.05) is 11.9 Å². The summed E-state index contributed by atoms with van der Waals surface area (Å²) in [6, 6.07) is 24.3. The van der Waals surface area contributed by atoms with E-state index in [0.717, 1.165) is 17.8 Å². The Morgan fingerprint density at radius 2 is 1.46 bits per heavy atom. The number of nitrogens with zero attached hydrogens (tertiary/aromatic N) is 3. The number of carbonyl (C=O) groups excluding carboxylic acids is 1. The summed E-state index contributed by atoms with van der Waals surface area (Å²) in [5, 5.41) is 0. The van der Waals surface area contributed by atoms with Crippen LogP contribution in [0.3, 0.4) is 0 Å². The maximum Gasteiger partial charge on any atom is 0.273 e. The van der Waals surface area contributed by atoms with Gasteiger partial charge in [-0.05, 0) is 37.1 Å². The molecule has 1 aromatic heterocycles. The predicted octanol–water partition coefficient (Wildman–Crippen LogP) is 4.77. The summed E-state index contributed by atoms with van der Waals surface area (Å²) in [6.45, 7) is 5.41. The van der Waals surface area contributed by atoms with Crippen molar-refractivity contribution < 1.29 is 4.79 Å². The SMILES string of the molecule is CC(C)N(Cc1ccccc1)C(=O)c1cc(N(C)Cc2ccccc2)ccn1. The van der Waals surface area contributed by atoms with Crippen LogP contribution in [0.5, 0.6) is 0 Å². The summed E-state index contributed by atoms with van der Waals surface area (Å²) in [5.74, 6) is -0.0474. The smallest absolute Gasteiger partial charge is 0.273 e. The van der Waals surface area contributed by atoms with Crippen LogP contribution in [-0.4, -0.2) is 28.9 Å². The van der Waals surface area contributed by atoms with Crippen molar-refractivity contribution in [3.05, 3.63) is 95.8 Å². The zero-order chi connectivity index (χ0) is 19.9. The minimum Gasteiger partial charge on any atom is -0.370 e. The number of aromatic nitrogens is 1. The van der Waals surface area contributed by atoms with E-state index in [-0.39, 0.29) is 11.9 Å². The first-order valence-corrected chi connectivity index (χ1v) is 9.60. The van der Waals surface area contributed by atoms with Crippen molar-refractivity contribution >= 4 is 11.6 Å². The van der Waals surface area contributed by atoms with Crippen molar-refractivity contribution in [3.8, 4) is 0 Å². The Labute approximate surface area is 167 Å². The second-order valence-corrected chi connectivity index (χ2v) is 7.25. The van der Waals surface area contributed by atoms with Crippen molar-refractivity contribution in [1.29, 1.82) is 0 Å². The first kappa shape index (κ1) is 19.6. The van der Waals surface area contributed by atoms with Crippen LogP contribution in [0.2, 0.25) is 0 Å². The molecule has 3 aromatic rings. The Bertz CT molecular complexity index is 894. The molecular weight excluding hydrogens is 346 g/mol. The summed E-state index contributed by atoms with van der Waals surface area (Å²) in [5.41, 5.74) is 3.79. The Kier molecular flexibility index (Phi) is 6.43. The standard InChI is InChI=1S/C24H27N3O/c1-19(2)27(18-21-12-8-5-9-13-21)24(28)23-16-22(14-15-25-23)26(3)17-20-10-6-4-7-11-20/h4-16,19H,17-18H2,1-3H3. The lowest BCUT2D eigenvalue weighted by atomic mass is 10.1. The number of pyridine rings is 1. The summed E-state index contributed by atoms with van der Waals surface area (Å²) in [6.07, 6.45) is 1.71. The van der Waals surface area contributed by atoms with Gasteiger partial charge in [0.1, 0.15) is 5.69 Å². The molecule has 0 bridgehead atoms. The lowest BCUT2D eigenvalue weighted by Gasteiger charge is -2.27. The molecule has 4 heteroatoms. The number of amides is 1. The van der Waals surface area contributed by atoms with Crippen LogP contribution in [0.4, 0.5) is 5.69 Å². The third kappa shape index (κ3) is 4.97. The van der Waals surface area contributed by atoms with Gasteiger partial charge in [-0.3, -0.25) is 9.78 Å². The zero-order valence-electron chi connectivity index (χ0n) is 16.7. The first-order chi connectivity index (χ1) is 13.5. The van der Waals surface area contributed by atoms with E-state index in [1.165, 1.54) is 5.56 Å². The van der Waals surface area contributed by atoms with E-state index in [2.05, 4.69) is 22.0 Å². The summed E-state index contributed by atoms with van der Waals surface area (Å²) < 4.78 is 0. The van der Waals surface area contributed by atoms with Crippen LogP contribution in [0.25, 0.3) is 0 Å². The van der Waals surface area contributed by atoms with Gasteiger partial charge in [-0.15, -0.1) is 0 Å². The molecule has 0 radical (unpaired) electrons. The molecule has 0 N–H and O–H groups in total. The molecule has 0 aliphatic heterocycles. The average molecular weight is 374 g/mol. The van der Waals surface area contributed by atoms with Crippen molar-refractivity contribution in [1.82, 2.24) is 9.88 Å². The molecule has 0 saturated carbocycles. The molecule has 144 valence electrons. The molecule has 4 nitrogen and oxygen atoms in total. The third-order valence-electron chi connectivity index (χ3n) is 4.75. The number of rotatable bonds is 7. The second-order valence-electron chi connectivity index (χ2n) is 7.25. The largest absolute Gasteiger partial charge is 0.370 e. The molecule has 3 rings (SSSR count). The Hall–Kier alpha value is -3.14. The zero-order valence-corrected chi connectivity index (χ0v) is 16.7. The van der Waals surface area contributed by atoms with Gasteiger partial charge in [0.25, 0.3) is 5.91 Å². The highest BCUT2D eigenvalue weighted by molar-refractivity contribution is 5.93. The van der Waals surface area contributed by atoms with E-state index < -0.39 is 0 Å². The van der Waals surface area contributed by atoms with Crippen molar-refractivity contribution in [2.24, 2.45) is 0 Å². The lowest BCUT2D eigenvalue weighted by molar-refractivity contribution is 0.0684. The summed E-state index contributed by atoms with van der Waals surface area (Å²) in [7, 11) is 2.03. The van der Waals surface area contributed by atoms with E-state index >= 15 is 0 Å². The molecular formula is C24H27N3O. The Morgan fingerprint density at radius 1 is 0.893 bits per heavy atom. The van der Waals surface area contributed by atoms with E-state index in [1.54, 1.807) is 6.20 Å². The monoisotopic (exact) mass is 373 g/mol. The van der Waals surface area contributed by atoms with Crippen LogP contribution < -0.4 is 4.90 Å². The van der Waals surface area contributed by atoms with E-state index in [1.807, 2.05) is 86.5 Å². The van der Waals surface area contributed by atoms with Crippen LogP contribution in [0.15, 0.2) is 79.0 Å². The molecule has 0 spiro atoms. The summed E-state index contributed by atoms with van der Waals surface area (Å²) in [4.78, 5) is 21.5. The fourth-order valence-corrected chi connectivity index (χ4v) is 3.14. The highest BCUT2D eigenvalue weighted by Crippen LogP contribution is 2.18. The minimum atomic E-state index is -0.0474. The first-order valence-electron chi connectivity index (χ1n) is 9.60. The van der Waals surface area contributed by atoms with Crippen LogP contribution in [0, 0.1) is 0 Å². The van der Waals surface area contributed by atoms with Gasteiger partial charge in [0.15, 0.2) is 0 Å². The molecule has 0 aliphatic rings. The van der Waals surface area contributed by atoms with Crippen molar-refractivity contribution in [3.63, 3.8) is 0 Å². The van der Waals surface area contributed by atoms with Gasteiger partial charge in [-0.25, -0.2) is 0 Å². The van der Waals surface area contributed by atoms with Crippen LogP contribution in [0.1, 0.15) is 35.5 Å². The van der Waals surface area contributed by atoms with Gasteiger partial charge in [-0.1, -0.05) is 60.7 Å². The minimum absolute atomic E-state index is 0.0474. The van der Waals surface area contributed by atoms with Crippen molar-refractivity contribution in [2.45, 2.75) is 33.0 Å². The van der Waals surface area contributed by atoms with Crippen LogP contribution in [-0.2, 0) is 13.1 Å². The number of hydrogen-bond donors (Lipinski definition) is 0. The van der Waals surface area contributed by atoms with Gasteiger partial charge in [0.2, 0.25) is 0 Å². The average Bonchev–Trinajstić information content (AvgIpc) is 2.73. The fraction of sp³-hybridized carbons (Fsp3) is 0.250. The molecule has 28 heavy (non-hydrogen) atoms. The van der Waals surface area contributed by atoms with Gasteiger partial charge in [0.05, 0.1) is 0 Å². The molecule has 0 saturated heterocycles. The van der Waals surface area contributed by atoms with Crippen LogP contribution >= 0.6 is 0 Å². The molecule has 0 atom stereocenters. The second kappa shape index (κ2) is 9.18. The maximum absolute atomic E-state index is 13.2. The van der Waals surface area contributed by atoms with Gasteiger partial charge in [-0.2, -0.15) is 0 Å². The molecule has 0 unspecified atom stereocenters. The lowest BCUT2D eigenvalue weighted by Crippen LogP contribution is -2.37. The predicted molar refractivity (Wildman–Crippen MR) is 114 cm³/mol. The van der Waals surface area contributed by atoms with Gasteiger partial charge in [0, 0.05) is 38.1 Å². The topological polar surface area (TPSA) is 36.4 Å². The Morgan fingerprint density at radius 3 is 2.04 bits per heavy atom. The number of benzene rings is 2. The fourth-order valence-electron chi connectivity index (χ4n) is 3.14. The highest BCUT2D eigenvalue weighted by atomic mass is 16.2. The number of anilines is 1. The quantitative estimate of drug-likeness (QED) is 0.599. The van der Waals surface area contributed by atoms with E-state index in [4.69, 9.17) is 0 Å². The highest BCUT2D eigenvalue weighted by Gasteiger charge is 2.21. The molecule has 0 aliphatic carbocycles. The maximum atomic E-state index is 13.2. The number of carbonyl (C=O) groups is 1. The Balaban J connectivity index is 1.78. The van der Waals surface area contributed by atoms with Gasteiger partial charge >= 0.3 is 0 Å². The number of hydrogen-bond acceptors (Lipinski definition) is 3. The molecule has 2 aromatic carbocycles. The third-order valence-corrected chi connectivity index (χ3v) is 4.75. The molecule has 0 fully saturated rings. The van der Waals surface area contributed by atoms with Gasteiger partial charge < -0.3 is 9.80 Å². The van der Waals surface area contributed by atoms with E-state index in [9.17, 15) is 4.79 Å². The van der Waals surface area contributed by atoms with E-state index in [0.29, 0.717) is 12.2 Å². The normalized spacial score (nSPS) is 10.7. The molecule has 1 amide bonds. The summed E-state index contributed by atoms with van der Waals surface area (Å²) >= 11 is 0.